The van der Waals surface area contributed by atoms with Crippen LogP contribution in [0.25, 0.3) is 28.0 Å². The number of carbonyl (C=O) groups excluding carboxylic acids is 1. The number of aromatic nitrogens is 2. The number of pyridine rings is 1. The first kappa shape index (κ1) is 23.7. The van der Waals surface area contributed by atoms with Gasteiger partial charge in [0, 0.05) is 43.0 Å². The summed E-state index contributed by atoms with van der Waals surface area (Å²) in [5.41, 5.74) is 12.5. The van der Waals surface area contributed by atoms with Crippen LogP contribution in [-0.2, 0) is 0 Å². The molecule has 0 aliphatic carbocycles. The van der Waals surface area contributed by atoms with Gasteiger partial charge in [0.1, 0.15) is 5.65 Å². The van der Waals surface area contributed by atoms with Gasteiger partial charge in [-0.25, -0.2) is 4.98 Å². The van der Waals surface area contributed by atoms with Crippen LogP contribution in [0.15, 0.2) is 66.9 Å². The Morgan fingerprint density at radius 2 is 1.64 bits per heavy atom. The fourth-order valence-electron chi connectivity index (χ4n) is 5.00. The van der Waals surface area contributed by atoms with Gasteiger partial charge in [-0.2, -0.15) is 5.26 Å². The van der Waals surface area contributed by atoms with Crippen molar-refractivity contribution in [2.45, 2.75) is 19.4 Å². The normalized spacial score (nSPS) is 15.9. The standard InChI is InChI=1S/C29H30N6O/c1-20(34-15-3-14-33(2)16-17-34)28-27(23-6-4-21(18-30)5-7-23)32-26-13-12-25(19-35(26)28)22-8-10-24(11-9-22)29(31)36/h4-13,19-20H,3,14-17H2,1-2H3,(H2,31,36). The average molecular weight is 479 g/mol. The van der Waals surface area contributed by atoms with E-state index in [4.69, 9.17) is 10.7 Å². The molecule has 2 aromatic carbocycles. The van der Waals surface area contributed by atoms with E-state index in [2.05, 4.69) is 46.5 Å². The number of nitrogens with two attached hydrogens (primary N) is 1. The first-order chi connectivity index (χ1) is 17.4. The van der Waals surface area contributed by atoms with Crippen LogP contribution in [-0.4, -0.2) is 58.3 Å². The monoisotopic (exact) mass is 478 g/mol. The second kappa shape index (κ2) is 9.94. The summed E-state index contributed by atoms with van der Waals surface area (Å²) in [6, 6.07) is 21.5. The first-order valence-electron chi connectivity index (χ1n) is 12.3. The smallest absolute Gasteiger partial charge is 0.248 e. The minimum Gasteiger partial charge on any atom is -0.366 e. The average Bonchev–Trinajstić information content (AvgIpc) is 3.15. The largest absolute Gasteiger partial charge is 0.366 e. The number of hydrogen-bond acceptors (Lipinski definition) is 5. The highest BCUT2D eigenvalue weighted by Crippen LogP contribution is 2.34. The zero-order valence-electron chi connectivity index (χ0n) is 20.7. The van der Waals surface area contributed by atoms with Gasteiger partial charge < -0.3 is 15.0 Å². The number of nitrogens with zero attached hydrogens (tertiary/aromatic N) is 5. The fourth-order valence-corrected chi connectivity index (χ4v) is 5.00. The molecule has 7 nitrogen and oxygen atoms in total. The quantitative estimate of drug-likeness (QED) is 0.461. The number of benzene rings is 2. The summed E-state index contributed by atoms with van der Waals surface area (Å²) < 4.78 is 2.20. The molecule has 1 aliphatic heterocycles. The number of likely N-dealkylation sites (N-methyl/N-ethyl adjacent to an activating group) is 1. The lowest BCUT2D eigenvalue weighted by molar-refractivity contribution is 0.100. The third-order valence-corrected chi connectivity index (χ3v) is 7.14. The van der Waals surface area contributed by atoms with Crippen LogP contribution in [0.1, 0.15) is 41.0 Å². The van der Waals surface area contributed by atoms with E-state index < -0.39 is 5.91 Å². The molecule has 1 saturated heterocycles. The molecule has 0 radical (unpaired) electrons. The molecule has 182 valence electrons. The maximum atomic E-state index is 11.5. The Hall–Kier alpha value is -3.99. The van der Waals surface area contributed by atoms with Gasteiger partial charge in [-0.1, -0.05) is 24.3 Å². The molecule has 1 atom stereocenters. The first-order valence-corrected chi connectivity index (χ1v) is 12.3. The van der Waals surface area contributed by atoms with Crippen LogP contribution in [0, 0.1) is 11.3 Å². The van der Waals surface area contributed by atoms with Crippen molar-refractivity contribution in [2.75, 3.05) is 33.2 Å². The minimum atomic E-state index is -0.433. The molecule has 1 amide bonds. The van der Waals surface area contributed by atoms with Gasteiger partial charge in [0.05, 0.1) is 23.0 Å². The lowest BCUT2D eigenvalue weighted by atomic mass is 10.0. The number of fused-ring (bicyclic) bond motifs is 1. The Labute approximate surface area is 211 Å². The van der Waals surface area contributed by atoms with E-state index in [9.17, 15) is 10.1 Å². The molecule has 5 rings (SSSR count). The van der Waals surface area contributed by atoms with Crippen molar-refractivity contribution in [1.82, 2.24) is 19.2 Å². The van der Waals surface area contributed by atoms with E-state index in [0.29, 0.717) is 11.1 Å². The minimum absolute atomic E-state index is 0.143. The third-order valence-electron chi connectivity index (χ3n) is 7.14. The van der Waals surface area contributed by atoms with E-state index >= 15 is 0 Å². The van der Waals surface area contributed by atoms with Crippen LogP contribution in [0.3, 0.4) is 0 Å². The predicted octanol–water partition coefficient (Wildman–Crippen LogP) is 4.34. The SMILES string of the molecule is CC(c1c(-c2ccc(C#N)cc2)nc2ccc(-c3ccc(C(N)=O)cc3)cn12)N1CCCN(C)CC1. The molecule has 1 aliphatic rings. The van der Waals surface area contributed by atoms with Crippen molar-refractivity contribution in [1.29, 1.82) is 5.26 Å². The van der Waals surface area contributed by atoms with E-state index in [-0.39, 0.29) is 6.04 Å². The highest BCUT2D eigenvalue weighted by atomic mass is 16.1. The summed E-state index contributed by atoms with van der Waals surface area (Å²) in [6.45, 7) is 6.41. The van der Waals surface area contributed by atoms with Crippen LogP contribution >= 0.6 is 0 Å². The Balaban J connectivity index is 1.63. The number of nitriles is 1. The Kier molecular flexibility index (Phi) is 6.55. The molecule has 3 heterocycles. The van der Waals surface area contributed by atoms with Gasteiger partial charge in [-0.15, -0.1) is 0 Å². The highest BCUT2D eigenvalue weighted by Gasteiger charge is 2.26. The second-order valence-corrected chi connectivity index (χ2v) is 9.49. The Morgan fingerprint density at radius 1 is 0.944 bits per heavy atom. The number of primary amides is 1. The van der Waals surface area contributed by atoms with E-state index in [0.717, 1.165) is 66.3 Å². The van der Waals surface area contributed by atoms with Crippen LogP contribution < -0.4 is 5.73 Å². The number of amides is 1. The number of hydrogen-bond donors (Lipinski definition) is 1. The van der Waals surface area contributed by atoms with Gasteiger partial charge >= 0.3 is 0 Å². The molecular formula is C29H30N6O. The van der Waals surface area contributed by atoms with Crippen LogP contribution in [0.4, 0.5) is 0 Å². The Morgan fingerprint density at radius 3 is 2.33 bits per heavy atom. The zero-order valence-corrected chi connectivity index (χ0v) is 20.7. The van der Waals surface area contributed by atoms with E-state index in [1.165, 1.54) is 0 Å². The van der Waals surface area contributed by atoms with Crippen molar-refractivity contribution in [3.05, 3.63) is 83.7 Å². The molecule has 1 fully saturated rings. The summed E-state index contributed by atoms with van der Waals surface area (Å²) >= 11 is 0. The van der Waals surface area contributed by atoms with Gasteiger partial charge in [-0.3, -0.25) is 9.69 Å². The molecule has 1 unspecified atom stereocenters. The number of rotatable bonds is 5. The van der Waals surface area contributed by atoms with E-state index in [1.54, 1.807) is 12.1 Å². The molecular weight excluding hydrogens is 448 g/mol. The summed E-state index contributed by atoms with van der Waals surface area (Å²) in [6.07, 6.45) is 3.26. The topological polar surface area (TPSA) is 90.7 Å². The van der Waals surface area contributed by atoms with Crippen molar-refractivity contribution < 1.29 is 4.79 Å². The fraction of sp³-hybridized carbons (Fsp3) is 0.276. The van der Waals surface area contributed by atoms with Crippen molar-refractivity contribution >= 4 is 11.6 Å². The summed E-state index contributed by atoms with van der Waals surface area (Å²) in [5, 5.41) is 9.25. The zero-order chi connectivity index (χ0) is 25.2. The highest BCUT2D eigenvalue weighted by molar-refractivity contribution is 5.93. The molecule has 7 heteroatoms. The molecule has 36 heavy (non-hydrogen) atoms. The molecule has 0 saturated carbocycles. The molecule has 2 N–H and O–H groups in total. The second-order valence-electron chi connectivity index (χ2n) is 9.49. The van der Waals surface area contributed by atoms with Crippen molar-refractivity contribution in [3.63, 3.8) is 0 Å². The van der Waals surface area contributed by atoms with Gasteiger partial charge in [-0.05, 0) is 74.5 Å². The summed E-state index contributed by atoms with van der Waals surface area (Å²) in [4.78, 5) is 21.5. The number of carbonyl (C=O) groups is 1. The molecule has 2 aromatic heterocycles. The predicted molar refractivity (Wildman–Crippen MR) is 141 cm³/mol. The summed E-state index contributed by atoms with van der Waals surface area (Å²) in [7, 11) is 2.18. The molecule has 4 aromatic rings. The van der Waals surface area contributed by atoms with Crippen LogP contribution in [0.5, 0.6) is 0 Å². The van der Waals surface area contributed by atoms with Crippen molar-refractivity contribution in [3.8, 4) is 28.5 Å². The maximum Gasteiger partial charge on any atom is 0.248 e. The molecule has 0 bridgehead atoms. The lowest BCUT2D eigenvalue weighted by Crippen LogP contribution is -2.32. The Bertz CT molecular complexity index is 1430. The van der Waals surface area contributed by atoms with E-state index in [1.807, 2.05) is 42.5 Å². The lowest BCUT2D eigenvalue weighted by Gasteiger charge is -2.28. The van der Waals surface area contributed by atoms with Crippen molar-refractivity contribution in [2.24, 2.45) is 5.73 Å². The van der Waals surface area contributed by atoms with Crippen LogP contribution in [0.2, 0.25) is 0 Å². The third kappa shape index (κ3) is 4.61. The van der Waals surface area contributed by atoms with Gasteiger partial charge in [0.2, 0.25) is 5.91 Å². The molecule has 0 spiro atoms. The van der Waals surface area contributed by atoms with Gasteiger partial charge in [0.25, 0.3) is 0 Å². The summed E-state index contributed by atoms with van der Waals surface area (Å²) in [5.74, 6) is -0.433. The maximum absolute atomic E-state index is 11.5. The van der Waals surface area contributed by atoms with Gasteiger partial charge in [0.15, 0.2) is 0 Å². The number of imidazole rings is 1.